The van der Waals surface area contributed by atoms with Crippen LogP contribution in [0.5, 0.6) is 0 Å². The summed E-state index contributed by atoms with van der Waals surface area (Å²) in [4.78, 5) is 28.0. The molecule has 0 fully saturated rings. The second kappa shape index (κ2) is 7.81. The minimum absolute atomic E-state index is 0.104. The Balaban J connectivity index is 1.47. The second-order valence-electron chi connectivity index (χ2n) is 5.98. The number of aryl methyl sites for hydroxylation is 4. The van der Waals surface area contributed by atoms with Crippen molar-refractivity contribution in [3.63, 3.8) is 0 Å². The van der Waals surface area contributed by atoms with Gasteiger partial charge in [0.2, 0.25) is 17.8 Å². The Hall–Kier alpha value is -3.16. The molecule has 0 aliphatic rings. The summed E-state index contributed by atoms with van der Waals surface area (Å²) in [5, 5.41) is 6.57. The highest BCUT2D eigenvalue weighted by atomic mass is 16.3. The quantitative estimate of drug-likeness (QED) is 0.698. The Labute approximate surface area is 150 Å². The molecule has 8 nitrogen and oxygen atoms in total. The van der Waals surface area contributed by atoms with Crippen LogP contribution >= 0.6 is 0 Å². The van der Waals surface area contributed by atoms with Crippen molar-refractivity contribution in [1.82, 2.24) is 14.8 Å². The average molecular weight is 356 g/mol. The van der Waals surface area contributed by atoms with E-state index >= 15 is 0 Å². The molecule has 0 aliphatic carbocycles. The maximum atomic E-state index is 12.1. The molecule has 0 aromatic carbocycles. The lowest BCUT2D eigenvalue weighted by Gasteiger charge is -2.00. The number of rotatable bonds is 7. The van der Waals surface area contributed by atoms with Crippen LogP contribution in [0, 0.1) is 13.8 Å². The van der Waals surface area contributed by atoms with Crippen molar-refractivity contribution in [2.45, 2.75) is 39.5 Å². The molecule has 3 aromatic heterocycles. The molecule has 0 spiro atoms. The van der Waals surface area contributed by atoms with Gasteiger partial charge in [-0.2, -0.15) is 9.67 Å². The molecule has 1 amide bonds. The van der Waals surface area contributed by atoms with Crippen LogP contribution in [0.4, 0.5) is 5.95 Å². The maximum Gasteiger partial charge on any atom is 0.249 e. The molecule has 3 heterocycles. The molecule has 8 heteroatoms. The van der Waals surface area contributed by atoms with Gasteiger partial charge in [0.25, 0.3) is 0 Å². The molecule has 3 aromatic rings. The van der Waals surface area contributed by atoms with E-state index in [-0.39, 0.29) is 30.6 Å². The molecule has 0 saturated heterocycles. The maximum absolute atomic E-state index is 12.1. The second-order valence-corrected chi connectivity index (χ2v) is 5.98. The summed E-state index contributed by atoms with van der Waals surface area (Å²) in [5.74, 6) is 2.75. The van der Waals surface area contributed by atoms with Gasteiger partial charge in [-0.25, -0.2) is 0 Å². The van der Waals surface area contributed by atoms with Crippen LogP contribution in [0.1, 0.15) is 40.7 Å². The van der Waals surface area contributed by atoms with E-state index < -0.39 is 0 Å². The highest BCUT2D eigenvalue weighted by Crippen LogP contribution is 2.11. The Morgan fingerprint density at radius 2 is 1.62 bits per heavy atom. The van der Waals surface area contributed by atoms with Crippen molar-refractivity contribution in [2.75, 3.05) is 5.32 Å². The zero-order chi connectivity index (χ0) is 18.5. The predicted octanol–water partition coefficient (Wildman–Crippen LogP) is 2.93. The lowest BCUT2D eigenvalue weighted by Crippen LogP contribution is -2.15. The Bertz CT molecular complexity index is 906. The van der Waals surface area contributed by atoms with E-state index in [9.17, 15) is 9.59 Å². The van der Waals surface area contributed by atoms with Crippen LogP contribution in [0.15, 0.2) is 39.4 Å². The smallest absolute Gasteiger partial charge is 0.249 e. The molecule has 1 N–H and O–H groups in total. The van der Waals surface area contributed by atoms with Crippen molar-refractivity contribution in [3.05, 3.63) is 53.6 Å². The highest BCUT2D eigenvalue weighted by molar-refractivity contribution is 5.89. The van der Waals surface area contributed by atoms with E-state index in [0.29, 0.717) is 12.8 Å². The third-order valence-electron chi connectivity index (χ3n) is 3.77. The molecule has 0 aliphatic heterocycles. The number of furan rings is 2. The van der Waals surface area contributed by atoms with Crippen LogP contribution in [0.2, 0.25) is 0 Å². The summed E-state index contributed by atoms with van der Waals surface area (Å²) in [7, 11) is 0. The Kier molecular flexibility index (Phi) is 5.31. The molecule has 0 unspecified atom stereocenters. The van der Waals surface area contributed by atoms with Gasteiger partial charge in [-0.3, -0.25) is 14.9 Å². The van der Waals surface area contributed by atoms with Gasteiger partial charge in [0.05, 0.1) is 0 Å². The van der Waals surface area contributed by atoms with Gasteiger partial charge in [0.1, 0.15) is 29.4 Å². The first-order valence-electron chi connectivity index (χ1n) is 8.35. The fourth-order valence-corrected chi connectivity index (χ4v) is 2.45. The van der Waals surface area contributed by atoms with Gasteiger partial charge >= 0.3 is 0 Å². The Morgan fingerprint density at radius 1 is 1.00 bits per heavy atom. The molecule has 0 atom stereocenters. The summed E-state index contributed by atoms with van der Waals surface area (Å²) < 4.78 is 12.0. The molecule has 26 heavy (non-hydrogen) atoms. The largest absolute Gasteiger partial charge is 0.466 e. The average Bonchev–Trinajstić information content (AvgIpc) is 3.33. The molecule has 0 radical (unpaired) electrons. The minimum Gasteiger partial charge on any atom is -0.466 e. The summed E-state index contributed by atoms with van der Waals surface area (Å²) in [6.45, 7) is 3.70. The molecule has 0 saturated carbocycles. The minimum atomic E-state index is -0.240. The molecule has 0 bridgehead atoms. The fourth-order valence-electron chi connectivity index (χ4n) is 2.45. The number of anilines is 1. The summed E-state index contributed by atoms with van der Waals surface area (Å²) in [6.07, 6.45) is 2.74. The third kappa shape index (κ3) is 4.69. The van der Waals surface area contributed by atoms with Gasteiger partial charge in [-0.15, -0.1) is 5.10 Å². The van der Waals surface area contributed by atoms with E-state index in [1.165, 1.54) is 6.33 Å². The number of nitrogens with zero attached hydrogens (tertiary/aromatic N) is 3. The topological polar surface area (TPSA) is 103 Å². The molecule has 3 rings (SSSR count). The molecular weight excluding hydrogens is 336 g/mol. The van der Waals surface area contributed by atoms with Crippen LogP contribution in [-0.4, -0.2) is 26.6 Å². The van der Waals surface area contributed by atoms with Gasteiger partial charge in [-0.05, 0) is 38.1 Å². The van der Waals surface area contributed by atoms with Crippen LogP contribution < -0.4 is 5.32 Å². The number of carbonyl (C=O) groups excluding carboxylic acids is 2. The first kappa shape index (κ1) is 17.7. The van der Waals surface area contributed by atoms with Crippen LogP contribution in [0.3, 0.4) is 0 Å². The highest BCUT2D eigenvalue weighted by Gasteiger charge is 2.12. The van der Waals surface area contributed by atoms with Gasteiger partial charge in [0, 0.05) is 25.7 Å². The zero-order valence-corrected chi connectivity index (χ0v) is 14.7. The number of hydrogen-bond donors (Lipinski definition) is 1. The van der Waals surface area contributed by atoms with Crippen molar-refractivity contribution >= 4 is 17.8 Å². The SMILES string of the molecule is Cc1ccc(CCC(=O)Nc2ncn(C(=O)CCc3ccc(C)o3)n2)o1. The molecular formula is C18H20N4O4. The summed E-state index contributed by atoms with van der Waals surface area (Å²) >= 11 is 0. The van der Waals surface area contributed by atoms with E-state index in [1.807, 2.05) is 38.1 Å². The first-order valence-corrected chi connectivity index (χ1v) is 8.35. The fraction of sp³-hybridized carbons (Fsp3) is 0.333. The van der Waals surface area contributed by atoms with Gasteiger partial charge in [-0.1, -0.05) is 0 Å². The summed E-state index contributed by atoms with van der Waals surface area (Å²) in [6, 6.07) is 7.39. The van der Waals surface area contributed by atoms with Gasteiger partial charge in [0.15, 0.2) is 0 Å². The predicted molar refractivity (Wildman–Crippen MR) is 92.8 cm³/mol. The lowest BCUT2D eigenvalue weighted by molar-refractivity contribution is -0.116. The first-order chi connectivity index (χ1) is 12.5. The molecule has 136 valence electrons. The van der Waals surface area contributed by atoms with Gasteiger partial charge < -0.3 is 8.83 Å². The third-order valence-corrected chi connectivity index (χ3v) is 3.77. The van der Waals surface area contributed by atoms with Crippen molar-refractivity contribution in [1.29, 1.82) is 0 Å². The summed E-state index contributed by atoms with van der Waals surface area (Å²) in [5.41, 5.74) is 0. The number of amides is 1. The monoisotopic (exact) mass is 356 g/mol. The van der Waals surface area contributed by atoms with E-state index in [2.05, 4.69) is 15.4 Å². The Morgan fingerprint density at radius 3 is 2.19 bits per heavy atom. The number of carbonyl (C=O) groups is 2. The number of nitrogens with one attached hydrogen (secondary N) is 1. The van der Waals surface area contributed by atoms with E-state index in [1.54, 1.807) is 0 Å². The van der Waals surface area contributed by atoms with Crippen LogP contribution in [0.25, 0.3) is 0 Å². The van der Waals surface area contributed by atoms with Crippen molar-refractivity contribution in [2.24, 2.45) is 0 Å². The van der Waals surface area contributed by atoms with Crippen molar-refractivity contribution < 1.29 is 18.4 Å². The van der Waals surface area contributed by atoms with Crippen LogP contribution in [-0.2, 0) is 17.6 Å². The number of aromatic nitrogens is 3. The number of hydrogen-bond acceptors (Lipinski definition) is 6. The zero-order valence-electron chi connectivity index (χ0n) is 14.7. The van der Waals surface area contributed by atoms with E-state index in [0.717, 1.165) is 27.7 Å². The normalized spacial score (nSPS) is 10.8. The lowest BCUT2D eigenvalue weighted by atomic mass is 10.2. The standard InChI is InChI=1S/C18H20N4O4/c1-12-3-5-14(25-12)7-9-16(23)20-18-19-11-22(21-18)17(24)10-8-15-6-4-13(2)26-15/h3-6,11H,7-10H2,1-2H3,(H,20,21,23). The van der Waals surface area contributed by atoms with E-state index in [4.69, 9.17) is 8.83 Å². The van der Waals surface area contributed by atoms with Crippen molar-refractivity contribution in [3.8, 4) is 0 Å².